The van der Waals surface area contributed by atoms with Crippen LogP contribution in [0, 0.1) is 13.8 Å². The lowest BCUT2D eigenvalue weighted by molar-refractivity contribution is -0.138. The number of amides is 1. The molecule has 0 spiro atoms. The lowest BCUT2D eigenvalue weighted by Crippen LogP contribution is -2.15. The molecular weight excluding hydrogens is 457 g/mol. The quantitative estimate of drug-likeness (QED) is 0.356. The molecule has 9 heteroatoms. The summed E-state index contributed by atoms with van der Waals surface area (Å²) in [6.07, 6.45) is -4.53. The summed E-state index contributed by atoms with van der Waals surface area (Å²) in [5, 5.41) is 7.07. The van der Waals surface area contributed by atoms with E-state index in [0.717, 1.165) is 17.2 Å². The van der Waals surface area contributed by atoms with E-state index < -0.39 is 17.6 Å². The Balaban J connectivity index is 1.59. The molecular formula is C26H23F3N4O2. The van der Waals surface area contributed by atoms with Gasteiger partial charge in [-0.15, -0.1) is 5.10 Å². The number of hydrogen-bond acceptors (Lipinski definition) is 4. The number of benzene rings is 3. The maximum absolute atomic E-state index is 13.2. The summed E-state index contributed by atoms with van der Waals surface area (Å²) in [6.45, 7) is 5.61. The maximum atomic E-state index is 13.2. The Hall–Kier alpha value is -4.14. The van der Waals surface area contributed by atoms with Crippen molar-refractivity contribution in [2.24, 2.45) is 0 Å². The number of nitrogens with zero attached hydrogens (tertiary/aromatic N) is 3. The fourth-order valence-electron chi connectivity index (χ4n) is 3.51. The summed E-state index contributed by atoms with van der Waals surface area (Å²) in [4.78, 5) is 17.1. The zero-order chi connectivity index (χ0) is 25.2. The number of hydrogen-bond donors (Lipinski definition) is 1. The first-order valence-electron chi connectivity index (χ1n) is 10.9. The molecule has 0 saturated heterocycles. The Kier molecular flexibility index (Phi) is 6.59. The van der Waals surface area contributed by atoms with Crippen molar-refractivity contribution < 1.29 is 22.7 Å². The van der Waals surface area contributed by atoms with Crippen molar-refractivity contribution in [2.75, 3.05) is 11.9 Å². The highest BCUT2D eigenvalue weighted by Gasteiger charge is 2.33. The van der Waals surface area contributed by atoms with Crippen molar-refractivity contribution >= 4 is 11.6 Å². The number of ether oxygens (including phenoxy) is 1. The van der Waals surface area contributed by atoms with Gasteiger partial charge in [-0.2, -0.15) is 18.2 Å². The van der Waals surface area contributed by atoms with Gasteiger partial charge in [-0.1, -0.05) is 35.9 Å². The average Bonchev–Trinajstić information content (AvgIpc) is 3.23. The van der Waals surface area contributed by atoms with Gasteiger partial charge in [-0.25, -0.2) is 4.68 Å². The van der Waals surface area contributed by atoms with E-state index in [1.165, 1.54) is 19.1 Å². The Labute approximate surface area is 200 Å². The Morgan fingerprint density at radius 2 is 1.69 bits per heavy atom. The predicted octanol–water partition coefficient (Wildman–Crippen LogP) is 6.22. The standard InChI is InChI=1S/C26H23F3N4O2/c1-4-35-25-31-23(18-8-5-16(2)6-9-18)33(32-25)21-13-11-20(12-14-21)30-24(34)19-10-7-17(3)22(15-19)26(27,28)29/h5-15H,4H2,1-3H3,(H,30,34). The predicted molar refractivity (Wildman–Crippen MR) is 127 cm³/mol. The van der Waals surface area contributed by atoms with Gasteiger partial charge in [0.2, 0.25) is 0 Å². The monoisotopic (exact) mass is 480 g/mol. The van der Waals surface area contributed by atoms with E-state index >= 15 is 0 Å². The molecule has 1 aromatic heterocycles. The first-order valence-corrected chi connectivity index (χ1v) is 10.9. The molecule has 0 unspecified atom stereocenters. The van der Waals surface area contributed by atoms with Gasteiger partial charge < -0.3 is 10.1 Å². The molecule has 0 atom stereocenters. The van der Waals surface area contributed by atoms with Crippen LogP contribution in [0.4, 0.5) is 18.9 Å². The minimum Gasteiger partial charge on any atom is -0.463 e. The number of halogens is 3. The number of rotatable bonds is 6. The molecule has 1 amide bonds. The van der Waals surface area contributed by atoms with Crippen LogP contribution < -0.4 is 10.1 Å². The average molecular weight is 480 g/mol. The van der Waals surface area contributed by atoms with E-state index in [0.29, 0.717) is 23.8 Å². The normalized spacial score (nSPS) is 11.4. The summed E-state index contributed by atoms with van der Waals surface area (Å²) >= 11 is 0. The van der Waals surface area contributed by atoms with E-state index in [9.17, 15) is 18.0 Å². The van der Waals surface area contributed by atoms with Gasteiger partial charge in [0.05, 0.1) is 17.9 Å². The Morgan fingerprint density at radius 3 is 2.31 bits per heavy atom. The topological polar surface area (TPSA) is 69.0 Å². The molecule has 0 fully saturated rings. The van der Waals surface area contributed by atoms with Crippen LogP contribution in [-0.2, 0) is 6.18 Å². The number of aryl methyl sites for hydroxylation is 2. The molecule has 0 aliphatic carbocycles. The summed E-state index contributed by atoms with van der Waals surface area (Å²) in [7, 11) is 0. The minimum absolute atomic E-state index is 0.0574. The van der Waals surface area contributed by atoms with Gasteiger partial charge in [-0.05, 0) is 62.7 Å². The lowest BCUT2D eigenvalue weighted by atomic mass is 10.0. The summed E-state index contributed by atoms with van der Waals surface area (Å²) in [6, 6.07) is 18.3. The largest absolute Gasteiger partial charge is 0.463 e. The second-order valence-electron chi connectivity index (χ2n) is 7.96. The van der Waals surface area contributed by atoms with Crippen LogP contribution in [0.2, 0.25) is 0 Å². The Morgan fingerprint density at radius 1 is 1.00 bits per heavy atom. The first-order chi connectivity index (χ1) is 16.7. The highest BCUT2D eigenvalue weighted by molar-refractivity contribution is 6.04. The summed E-state index contributed by atoms with van der Waals surface area (Å²) < 4.78 is 46.7. The molecule has 4 rings (SSSR count). The van der Waals surface area contributed by atoms with E-state index in [-0.39, 0.29) is 17.1 Å². The van der Waals surface area contributed by atoms with Crippen molar-refractivity contribution in [1.82, 2.24) is 14.8 Å². The molecule has 3 aromatic carbocycles. The van der Waals surface area contributed by atoms with E-state index in [1.54, 1.807) is 28.9 Å². The highest BCUT2D eigenvalue weighted by Crippen LogP contribution is 2.32. The number of aromatic nitrogens is 3. The van der Waals surface area contributed by atoms with Gasteiger partial charge in [0, 0.05) is 16.8 Å². The van der Waals surface area contributed by atoms with Crippen molar-refractivity contribution in [1.29, 1.82) is 0 Å². The van der Waals surface area contributed by atoms with Crippen molar-refractivity contribution in [2.45, 2.75) is 26.9 Å². The maximum Gasteiger partial charge on any atom is 0.416 e. The number of anilines is 1. The minimum atomic E-state index is -4.53. The van der Waals surface area contributed by atoms with Crippen LogP contribution in [0.25, 0.3) is 17.1 Å². The van der Waals surface area contributed by atoms with Crippen molar-refractivity contribution in [3.63, 3.8) is 0 Å². The molecule has 4 aromatic rings. The number of carbonyl (C=O) groups is 1. The van der Waals surface area contributed by atoms with Crippen molar-refractivity contribution in [3.05, 3.63) is 89.0 Å². The zero-order valence-corrected chi connectivity index (χ0v) is 19.3. The summed E-state index contributed by atoms with van der Waals surface area (Å²) in [5.41, 5.74) is 2.21. The molecule has 0 aliphatic heterocycles. The van der Waals surface area contributed by atoms with E-state index in [4.69, 9.17) is 4.74 Å². The third-order valence-electron chi connectivity index (χ3n) is 5.35. The third-order valence-corrected chi connectivity index (χ3v) is 5.35. The van der Waals surface area contributed by atoms with E-state index in [2.05, 4.69) is 15.4 Å². The summed E-state index contributed by atoms with van der Waals surface area (Å²) in [5.74, 6) is -0.0486. The number of carbonyl (C=O) groups excluding carboxylic acids is 1. The number of alkyl halides is 3. The molecule has 180 valence electrons. The zero-order valence-electron chi connectivity index (χ0n) is 19.3. The smallest absolute Gasteiger partial charge is 0.416 e. The molecule has 0 saturated carbocycles. The second kappa shape index (κ2) is 9.61. The lowest BCUT2D eigenvalue weighted by Gasteiger charge is -2.12. The molecule has 6 nitrogen and oxygen atoms in total. The number of nitrogens with one attached hydrogen (secondary N) is 1. The van der Waals surface area contributed by atoms with Gasteiger partial charge in [-0.3, -0.25) is 4.79 Å². The van der Waals surface area contributed by atoms with Crippen LogP contribution in [0.15, 0.2) is 66.7 Å². The second-order valence-corrected chi connectivity index (χ2v) is 7.96. The molecule has 1 N–H and O–H groups in total. The van der Waals surface area contributed by atoms with Gasteiger partial charge in [0.15, 0.2) is 5.82 Å². The fraction of sp³-hybridized carbons (Fsp3) is 0.192. The van der Waals surface area contributed by atoms with Gasteiger partial charge >= 0.3 is 12.2 Å². The molecule has 35 heavy (non-hydrogen) atoms. The molecule has 0 aliphatic rings. The van der Waals surface area contributed by atoms with Crippen LogP contribution >= 0.6 is 0 Å². The van der Waals surface area contributed by atoms with Crippen LogP contribution in [-0.4, -0.2) is 27.3 Å². The SMILES string of the molecule is CCOc1nc(-c2ccc(C)cc2)n(-c2ccc(NC(=O)c3ccc(C)c(C(F)(F)F)c3)cc2)n1. The van der Waals surface area contributed by atoms with Crippen molar-refractivity contribution in [3.8, 4) is 23.1 Å². The third kappa shape index (κ3) is 5.34. The highest BCUT2D eigenvalue weighted by atomic mass is 19.4. The molecule has 0 radical (unpaired) electrons. The molecule has 0 bridgehead atoms. The Bertz CT molecular complexity index is 1340. The van der Waals surface area contributed by atoms with Gasteiger partial charge in [0.25, 0.3) is 5.91 Å². The first kappa shape index (κ1) is 24.0. The van der Waals surface area contributed by atoms with Crippen LogP contribution in [0.1, 0.15) is 34.0 Å². The molecule has 1 heterocycles. The fourth-order valence-corrected chi connectivity index (χ4v) is 3.51. The van der Waals surface area contributed by atoms with E-state index in [1.807, 2.05) is 38.1 Å². The van der Waals surface area contributed by atoms with Crippen LogP contribution in [0.5, 0.6) is 6.01 Å². The van der Waals surface area contributed by atoms with Crippen LogP contribution in [0.3, 0.4) is 0 Å². The van der Waals surface area contributed by atoms with Gasteiger partial charge in [0.1, 0.15) is 0 Å².